The maximum absolute atomic E-state index is 14.3. The lowest BCUT2D eigenvalue weighted by atomic mass is 9.74. The Morgan fingerprint density at radius 3 is 2.57 bits per heavy atom. The zero-order valence-electron chi connectivity index (χ0n) is 24.8. The van der Waals surface area contributed by atoms with E-state index in [1.807, 2.05) is 60.7 Å². The summed E-state index contributed by atoms with van der Waals surface area (Å²) >= 11 is 0. The number of nitrogens with zero attached hydrogens (tertiary/aromatic N) is 1. The number of carbonyl (C=O) groups is 3. The zero-order chi connectivity index (χ0) is 29.6. The van der Waals surface area contributed by atoms with Crippen molar-refractivity contribution in [1.82, 2.24) is 10.2 Å². The molecular weight excluding hydrogens is 530 g/mol. The summed E-state index contributed by atoms with van der Waals surface area (Å²) in [5, 5.41) is 6.31. The van der Waals surface area contributed by atoms with Crippen LogP contribution in [0.15, 0.2) is 60.7 Å². The van der Waals surface area contributed by atoms with Crippen molar-refractivity contribution >= 4 is 23.4 Å². The molecule has 2 aromatic carbocycles. The molecule has 3 heterocycles. The van der Waals surface area contributed by atoms with Gasteiger partial charge in [-0.1, -0.05) is 70.0 Å². The van der Waals surface area contributed by atoms with Crippen LogP contribution in [0.2, 0.25) is 0 Å². The summed E-state index contributed by atoms with van der Waals surface area (Å²) in [6.45, 7) is 6.62. The predicted molar refractivity (Wildman–Crippen MR) is 160 cm³/mol. The number of rotatable bonds is 8. The van der Waals surface area contributed by atoms with Gasteiger partial charge in [0.1, 0.15) is 17.4 Å². The molecule has 1 aliphatic carbocycles. The van der Waals surface area contributed by atoms with Crippen LogP contribution >= 0.6 is 0 Å². The monoisotopic (exact) mass is 571 g/mol. The number of hydrogen-bond acceptors (Lipinski definition) is 5. The van der Waals surface area contributed by atoms with Crippen molar-refractivity contribution in [1.29, 1.82) is 0 Å². The number of fused-ring (bicyclic) bond motifs is 1. The number of likely N-dealkylation sites (tertiary alicyclic amines) is 1. The summed E-state index contributed by atoms with van der Waals surface area (Å²) in [5.41, 5.74) is 1.49. The molecule has 2 N–H and O–H groups in total. The SMILES string of the molecule is COc1cccc(CN2C(=O)[C@@H]3[C@H](C(=O)Nc4ccc(C(C)C)cc4)[C@@H]4C=C[C@@]3(O4)[C@@H]2C(=O)N[C@@H]2CCCC[C@@H]2C)c1. The van der Waals surface area contributed by atoms with Gasteiger partial charge in [-0.3, -0.25) is 14.4 Å². The van der Waals surface area contributed by atoms with Crippen molar-refractivity contribution in [2.75, 3.05) is 12.4 Å². The van der Waals surface area contributed by atoms with Crippen molar-refractivity contribution in [2.24, 2.45) is 17.8 Å². The first-order valence-electron chi connectivity index (χ1n) is 15.2. The van der Waals surface area contributed by atoms with E-state index in [1.54, 1.807) is 12.0 Å². The molecule has 1 saturated carbocycles. The molecule has 4 aliphatic rings. The highest BCUT2D eigenvalue weighted by molar-refractivity contribution is 6.02. The number of hydrogen-bond donors (Lipinski definition) is 2. The second-order valence-corrected chi connectivity index (χ2v) is 12.7. The van der Waals surface area contributed by atoms with E-state index in [9.17, 15) is 14.4 Å². The van der Waals surface area contributed by atoms with Crippen LogP contribution in [0.1, 0.15) is 63.5 Å². The van der Waals surface area contributed by atoms with Gasteiger partial charge in [-0.05, 0) is 60.1 Å². The number of methoxy groups -OCH3 is 1. The van der Waals surface area contributed by atoms with Gasteiger partial charge in [0.25, 0.3) is 0 Å². The van der Waals surface area contributed by atoms with E-state index >= 15 is 0 Å². The summed E-state index contributed by atoms with van der Waals surface area (Å²) in [5.74, 6) is -0.862. The largest absolute Gasteiger partial charge is 0.497 e. The van der Waals surface area contributed by atoms with E-state index in [4.69, 9.17) is 9.47 Å². The summed E-state index contributed by atoms with van der Waals surface area (Å²) < 4.78 is 11.9. The minimum absolute atomic E-state index is 0.0472. The lowest BCUT2D eigenvalue weighted by Crippen LogP contribution is -2.57. The Hall–Kier alpha value is -3.65. The van der Waals surface area contributed by atoms with Gasteiger partial charge >= 0.3 is 0 Å². The molecule has 0 radical (unpaired) electrons. The molecule has 7 atom stereocenters. The molecule has 2 aromatic rings. The van der Waals surface area contributed by atoms with Crippen LogP contribution in [0.5, 0.6) is 5.75 Å². The van der Waals surface area contributed by atoms with Crippen LogP contribution in [-0.2, 0) is 25.7 Å². The summed E-state index contributed by atoms with van der Waals surface area (Å²) in [6, 6.07) is 14.4. The number of amides is 3. The van der Waals surface area contributed by atoms with Crippen LogP contribution in [0.25, 0.3) is 0 Å². The molecule has 2 saturated heterocycles. The van der Waals surface area contributed by atoms with Crippen molar-refractivity contribution in [2.45, 2.75) is 82.7 Å². The fourth-order valence-corrected chi connectivity index (χ4v) is 7.37. The molecule has 42 heavy (non-hydrogen) atoms. The van der Waals surface area contributed by atoms with Gasteiger partial charge in [0, 0.05) is 18.3 Å². The Morgan fingerprint density at radius 2 is 1.86 bits per heavy atom. The molecule has 3 amide bonds. The van der Waals surface area contributed by atoms with Gasteiger partial charge in [0.05, 0.1) is 25.0 Å². The van der Waals surface area contributed by atoms with Gasteiger partial charge in [0.2, 0.25) is 17.7 Å². The van der Waals surface area contributed by atoms with Crippen LogP contribution in [0, 0.1) is 17.8 Å². The van der Waals surface area contributed by atoms with Crippen molar-refractivity contribution < 1.29 is 23.9 Å². The molecule has 8 heteroatoms. The normalized spacial score (nSPS) is 31.4. The van der Waals surface area contributed by atoms with Crippen molar-refractivity contribution in [3.63, 3.8) is 0 Å². The van der Waals surface area contributed by atoms with Crippen molar-refractivity contribution in [3.8, 4) is 5.75 Å². The average molecular weight is 572 g/mol. The number of anilines is 1. The third-order valence-electron chi connectivity index (χ3n) is 9.70. The van der Waals surface area contributed by atoms with E-state index in [-0.39, 0.29) is 30.3 Å². The lowest BCUT2D eigenvalue weighted by Gasteiger charge is -2.36. The zero-order valence-corrected chi connectivity index (χ0v) is 24.8. The lowest BCUT2D eigenvalue weighted by molar-refractivity contribution is -0.142. The Balaban J connectivity index is 1.31. The van der Waals surface area contributed by atoms with Crippen molar-refractivity contribution in [3.05, 3.63) is 71.8 Å². The Labute approximate surface area is 247 Å². The van der Waals surface area contributed by atoms with Gasteiger partial charge in [-0.15, -0.1) is 0 Å². The molecule has 0 aromatic heterocycles. The maximum atomic E-state index is 14.3. The quantitative estimate of drug-likeness (QED) is 0.444. The van der Waals surface area contributed by atoms with Crippen LogP contribution in [-0.4, -0.2) is 53.5 Å². The molecule has 3 fully saturated rings. The maximum Gasteiger partial charge on any atom is 0.246 e. The van der Waals surface area contributed by atoms with E-state index in [1.165, 1.54) is 5.56 Å². The van der Waals surface area contributed by atoms with E-state index in [0.29, 0.717) is 23.3 Å². The topological polar surface area (TPSA) is 97.0 Å². The molecule has 6 rings (SSSR count). The molecule has 8 nitrogen and oxygen atoms in total. The molecule has 2 bridgehead atoms. The Kier molecular flexibility index (Phi) is 7.60. The molecule has 3 aliphatic heterocycles. The second kappa shape index (κ2) is 11.2. The fraction of sp³-hybridized carbons (Fsp3) is 0.500. The third-order valence-corrected chi connectivity index (χ3v) is 9.70. The minimum atomic E-state index is -1.20. The highest BCUT2D eigenvalue weighted by Crippen LogP contribution is 2.55. The number of nitrogens with one attached hydrogen (secondary N) is 2. The standard InChI is InChI=1S/C34H41N3O5/c1-20(2)23-12-14-24(15-13-23)35-31(38)28-27-16-17-34(42-27)29(28)33(40)37(19-22-9-7-10-25(18-22)41-4)30(34)32(39)36-26-11-6-5-8-21(26)3/h7,9-10,12-18,20-21,26-30H,5-6,8,11,19H2,1-4H3,(H,35,38)(H,36,39)/t21-,26+,27-,28+,29-,30-,34-/m0/s1. The predicted octanol–water partition coefficient (Wildman–Crippen LogP) is 4.80. The highest BCUT2D eigenvalue weighted by Gasteiger charge is 2.72. The average Bonchev–Trinajstić information content (AvgIpc) is 3.62. The van der Waals surface area contributed by atoms with E-state index in [0.717, 1.165) is 31.2 Å². The summed E-state index contributed by atoms with van der Waals surface area (Å²) in [6.07, 6.45) is 7.36. The highest BCUT2D eigenvalue weighted by atomic mass is 16.5. The first-order valence-corrected chi connectivity index (χ1v) is 15.2. The number of carbonyl (C=O) groups excluding carboxylic acids is 3. The van der Waals surface area contributed by atoms with Gasteiger partial charge in [0.15, 0.2) is 0 Å². The number of ether oxygens (including phenoxy) is 2. The Morgan fingerprint density at radius 1 is 1.10 bits per heavy atom. The van der Waals surface area contributed by atoms with E-state index in [2.05, 4.69) is 31.4 Å². The number of benzene rings is 2. The Bertz CT molecular complexity index is 1390. The van der Waals surface area contributed by atoms with Crippen LogP contribution < -0.4 is 15.4 Å². The van der Waals surface area contributed by atoms with Gasteiger partial charge < -0.3 is 25.0 Å². The smallest absolute Gasteiger partial charge is 0.246 e. The summed E-state index contributed by atoms with van der Waals surface area (Å²) in [4.78, 5) is 43.9. The summed E-state index contributed by atoms with van der Waals surface area (Å²) in [7, 11) is 1.60. The molecular formula is C34H41N3O5. The first kappa shape index (κ1) is 28.5. The van der Waals surface area contributed by atoms with E-state index < -0.39 is 29.6 Å². The molecule has 1 spiro atoms. The second-order valence-electron chi connectivity index (χ2n) is 12.7. The van der Waals surface area contributed by atoms with Gasteiger partial charge in [-0.25, -0.2) is 0 Å². The third kappa shape index (κ3) is 4.89. The molecule has 222 valence electrons. The minimum Gasteiger partial charge on any atom is -0.497 e. The fourth-order valence-electron chi connectivity index (χ4n) is 7.37. The van der Waals surface area contributed by atoms with Gasteiger partial charge in [-0.2, -0.15) is 0 Å². The van der Waals surface area contributed by atoms with Crippen LogP contribution in [0.3, 0.4) is 0 Å². The molecule has 0 unspecified atom stereocenters. The van der Waals surface area contributed by atoms with Crippen LogP contribution in [0.4, 0.5) is 5.69 Å². The first-order chi connectivity index (χ1) is 20.2.